The van der Waals surface area contributed by atoms with E-state index in [1.807, 2.05) is 4.90 Å². The third-order valence-corrected chi connectivity index (χ3v) is 6.62. The third-order valence-electron chi connectivity index (χ3n) is 6.62. The van der Waals surface area contributed by atoms with Gasteiger partial charge in [0.1, 0.15) is 0 Å². The molecule has 0 bridgehead atoms. The fraction of sp³-hybridized carbons (Fsp3) is 0.565. The van der Waals surface area contributed by atoms with Gasteiger partial charge in [-0.05, 0) is 69.4 Å². The number of nitrogens with zero attached hydrogens (tertiary/aromatic N) is 3. The third kappa shape index (κ3) is 4.46. The Kier molecular flexibility index (Phi) is 6.00. The Morgan fingerprint density at radius 2 is 1.90 bits per heavy atom. The minimum atomic E-state index is -4.44. The molecule has 4 rings (SSSR count). The number of pyridine rings is 1. The minimum Gasteiger partial charge on any atom is -0.342 e. The Morgan fingerprint density at radius 1 is 1.13 bits per heavy atom. The molecule has 0 spiro atoms. The van der Waals surface area contributed by atoms with Crippen LogP contribution in [0.5, 0.6) is 0 Å². The maximum Gasteiger partial charge on any atom is 0.418 e. The molecule has 2 saturated heterocycles. The van der Waals surface area contributed by atoms with Crippen molar-refractivity contribution in [3.8, 4) is 0 Å². The van der Waals surface area contributed by atoms with Gasteiger partial charge in [-0.15, -0.1) is 0 Å². The number of piperidine rings is 2. The number of carbonyl (C=O) groups excluding carboxylic acids is 1. The highest BCUT2D eigenvalue weighted by Gasteiger charge is 2.35. The van der Waals surface area contributed by atoms with Crippen molar-refractivity contribution in [3.63, 3.8) is 0 Å². The Balaban J connectivity index is 1.52. The molecule has 0 N–H and O–H groups in total. The average Bonchev–Trinajstić information content (AvgIpc) is 2.74. The number of aromatic nitrogens is 1. The van der Waals surface area contributed by atoms with Gasteiger partial charge in [0.25, 0.3) is 0 Å². The van der Waals surface area contributed by atoms with Crippen LogP contribution in [0.15, 0.2) is 30.5 Å². The van der Waals surface area contributed by atoms with Crippen LogP contribution in [-0.4, -0.2) is 53.9 Å². The molecule has 0 aliphatic carbocycles. The molecule has 3 heterocycles. The van der Waals surface area contributed by atoms with E-state index >= 15 is 0 Å². The van der Waals surface area contributed by atoms with Crippen LogP contribution in [0.1, 0.15) is 49.1 Å². The Labute approximate surface area is 175 Å². The number of rotatable bonds is 3. The zero-order chi connectivity index (χ0) is 21.3. The number of halogens is 3. The maximum absolute atomic E-state index is 13.4. The number of carbonyl (C=O) groups is 1. The number of benzene rings is 1. The van der Waals surface area contributed by atoms with E-state index in [9.17, 15) is 18.0 Å². The molecular weight excluding hydrogens is 391 g/mol. The summed E-state index contributed by atoms with van der Waals surface area (Å²) in [6.45, 7) is 3.37. The molecule has 1 aromatic carbocycles. The second-order valence-corrected chi connectivity index (χ2v) is 8.73. The summed E-state index contributed by atoms with van der Waals surface area (Å²) in [6.07, 6.45) is 1.38. The van der Waals surface area contributed by atoms with Gasteiger partial charge < -0.3 is 9.80 Å². The first-order valence-corrected chi connectivity index (χ1v) is 10.7. The molecular formula is C23H28F3N3O. The molecule has 2 aliphatic rings. The number of likely N-dealkylation sites (tertiary alicyclic amines) is 2. The summed E-state index contributed by atoms with van der Waals surface area (Å²) in [7, 11) is 2.11. The maximum atomic E-state index is 13.4. The van der Waals surface area contributed by atoms with Gasteiger partial charge in [0.05, 0.1) is 11.1 Å². The van der Waals surface area contributed by atoms with Gasteiger partial charge in [-0.2, -0.15) is 13.2 Å². The molecule has 1 atom stereocenters. The normalized spacial score (nSPS) is 21.9. The summed E-state index contributed by atoms with van der Waals surface area (Å²) in [5.74, 6) is 0.656. The molecule has 0 unspecified atom stereocenters. The zero-order valence-corrected chi connectivity index (χ0v) is 17.3. The minimum absolute atomic E-state index is 0.00252. The molecule has 2 aliphatic heterocycles. The fourth-order valence-corrected chi connectivity index (χ4v) is 4.88. The van der Waals surface area contributed by atoms with Gasteiger partial charge in [-0.25, -0.2) is 0 Å². The van der Waals surface area contributed by atoms with Crippen molar-refractivity contribution in [2.75, 3.05) is 33.2 Å². The predicted molar refractivity (Wildman–Crippen MR) is 110 cm³/mol. The van der Waals surface area contributed by atoms with Crippen molar-refractivity contribution in [2.24, 2.45) is 5.92 Å². The SMILES string of the molecule is CN1CCC(CC(=O)N2CCC[C@@H](c3ccc(C(F)(F)F)c4ncccc34)C2)CC1. The Bertz CT molecular complexity index is 906. The van der Waals surface area contributed by atoms with Gasteiger partial charge in [-0.1, -0.05) is 12.1 Å². The number of hydrogen-bond donors (Lipinski definition) is 0. The highest BCUT2D eigenvalue weighted by molar-refractivity contribution is 5.86. The number of fused-ring (bicyclic) bond motifs is 1. The van der Waals surface area contributed by atoms with Crippen molar-refractivity contribution in [1.82, 2.24) is 14.8 Å². The van der Waals surface area contributed by atoms with E-state index in [1.54, 1.807) is 18.2 Å². The largest absolute Gasteiger partial charge is 0.418 e. The Hall–Kier alpha value is -2.15. The molecule has 2 aromatic rings. The highest BCUT2D eigenvalue weighted by atomic mass is 19.4. The smallest absolute Gasteiger partial charge is 0.342 e. The van der Waals surface area contributed by atoms with Crippen LogP contribution < -0.4 is 0 Å². The van der Waals surface area contributed by atoms with E-state index < -0.39 is 11.7 Å². The quantitative estimate of drug-likeness (QED) is 0.724. The lowest BCUT2D eigenvalue weighted by atomic mass is 9.86. The molecule has 30 heavy (non-hydrogen) atoms. The van der Waals surface area contributed by atoms with Crippen LogP contribution in [-0.2, 0) is 11.0 Å². The van der Waals surface area contributed by atoms with Crippen LogP contribution in [0, 0.1) is 5.92 Å². The first-order chi connectivity index (χ1) is 14.3. The van der Waals surface area contributed by atoms with Crippen LogP contribution in [0.2, 0.25) is 0 Å². The van der Waals surface area contributed by atoms with E-state index in [0.29, 0.717) is 24.3 Å². The van der Waals surface area contributed by atoms with Gasteiger partial charge in [0, 0.05) is 37.0 Å². The number of hydrogen-bond acceptors (Lipinski definition) is 3. The van der Waals surface area contributed by atoms with Crippen molar-refractivity contribution in [1.29, 1.82) is 0 Å². The van der Waals surface area contributed by atoms with Crippen LogP contribution in [0.4, 0.5) is 13.2 Å². The van der Waals surface area contributed by atoms with Gasteiger partial charge in [-0.3, -0.25) is 9.78 Å². The highest BCUT2D eigenvalue weighted by Crippen LogP contribution is 2.38. The fourth-order valence-electron chi connectivity index (χ4n) is 4.88. The molecule has 1 amide bonds. The first kappa shape index (κ1) is 21.1. The van der Waals surface area contributed by atoms with E-state index in [-0.39, 0.29) is 17.3 Å². The summed E-state index contributed by atoms with van der Waals surface area (Å²) >= 11 is 0. The van der Waals surface area contributed by atoms with Gasteiger partial charge in [0.15, 0.2) is 0 Å². The summed E-state index contributed by atoms with van der Waals surface area (Å²) in [4.78, 5) is 21.2. The van der Waals surface area contributed by atoms with Crippen molar-refractivity contribution >= 4 is 16.8 Å². The second-order valence-electron chi connectivity index (χ2n) is 8.73. The van der Waals surface area contributed by atoms with Gasteiger partial charge >= 0.3 is 6.18 Å². The van der Waals surface area contributed by atoms with E-state index in [2.05, 4.69) is 16.9 Å². The lowest BCUT2D eigenvalue weighted by molar-refractivity contribution is -0.136. The van der Waals surface area contributed by atoms with E-state index in [1.165, 1.54) is 6.20 Å². The molecule has 4 nitrogen and oxygen atoms in total. The average molecular weight is 419 g/mol. The standard InChI is InChI=1S/C23H28F3N3O/c1-28-12-8-16(9-13-28)14-21(30)29-11-3-4-17(15-29)18-6-7-20(23(24,25)26)22-19(18)5-2-10-27-22/h2,5-7,10,16-17H,3-4,8-9,11-15H2,1H3/t17-/m1/s1. The number of alkyl halides is 3. The van der Waals surface area contributed by atoms with Crippen LogP contribution in [0.3, 0.4) is 0 Å². The first-order valence-electron chi connectivity index (χ1n) is 10.7. The van der Waals surface area contributed by atoms with Gasteiger partial charge in [0.2, 0.25) is 5.91 Å². The molecule has 7 heteroatoms. The lowest BCUT2D eigenvalue weighted by Gasteiger charge is -2.35. The topological polar surface area (TPSA) is 36.4 Å². The molecule has 0 saturated carbocycles. The molecule has 2 fully saturated rings. The zero-order valence-electron chi connectivity index (χ0n) is 17.3. The van der Waals surface area contributed by atoms with Crippen LogP contribution in [0.25, 0.3) is 10.9 Å². The molecule has 0 radical (unpaired) electrons. The van der Waals surface area contributed by atoms with Crippen molar-refractivity contribution < 1.29 is 18.0 Å². The monoisotopic (exact) mass is 419 g/mol. The Morgan fingerprint density at radius 3 is 2.63 bits per heavy atom. The summed E-state index contributed by atoms with van der Waals surface area (Å²) in [5.41, 5.74) is 0.160. The summed E-state index contributed by atoms with van der Waals surface area (Å²) in [5, 5.41) is 0.543. The second kappa shape index (κ2) is 8.53. The summed E-state index contributed by atoms with van der Waals surface area (Å²) < 4.78 is 40.2. The number of amides is 1. The van der Waals surface area contributed by atoms with E-state index in [4.69, 9.17) is 0 Å². The lowest BCUT2D eigenvalue weighted by Crippen LogP contribution is -2.41. The summed E-state index contributed by atoms with van der Waals surface area (Å²) in [6, 6.07) is 6.12. The molecule has 162 valence electrons. The van der Waals surface area contributed by atoms with E-state index in [0.717, 1.165) is 56.9 Å². The predicted octanol–water partition coefficient (Wildman–Crippen LogP) is 4.69. The van der Waals surface area contributed by atoms with Crippen molar-refractivity contribution in [2.45, 2.75) is 44.2 Å². The molecule has 1 aromatic heterocycles. The van der Waals surface area contributed by atoms with Crippen LogP contribution >= 0.6 is 0 Å². The van der Waals surface area contributed by atoms with Crippen molar-refractivity contribution in [3.05, 3.63) is 41.6 Å².